The molecule has 1 aliphatic rings. The minimum atomic E-state index is -0.697. The van der Waals surface area contributed by atoms with E-state index >= 15 is 0 Å². The molecule has 1 heterocycles. The molecule has 0 spiro atoms. The molecule has 0 aromatic carbocycles. The van der Waals surface area contributed by atoms with Gasteiger partial charge in [-0.05, 0) is 20.4 Å². The second-order valence-corrected chi connectivity index (χ2v) is 4.08. The average molecular weight is 200 g/mol. The van der Waals surface area contributed by atoms with Crippen LogP contribution in [0.5, 0.6) is 0 Å². The Balaban J connectivity index is 2.65. The van der Waals surface area contributed by atoms with E-state index < -0.39 is 5.97 Å². The fourth-order valence-electron chi connectivity index (χ4n) is 1.98. The number of piperazine rings is 1. The summed E-state index contributed by atoms with van der Waals surface area (Å²) >= 11 is 0. The lowest BCUT2D eigenvalue weighted by Gasteiger charge is -2.41. The number of aliphatic carboxylic acids is 1. The summed E-state index contributed by atoms with van der Waals surface area (Å²) in [7, 11) is 0. The Bertz CT molecular complexity index is 206. The van der Waals surface area contributed by atoms with Gasteiger partial charge in [0.25, 0.3) is 0 Å². The second-order valence-electron chi connectivity index (χ2n) is 4.08. The second kappa shape index (κ2) is 4.75. The van der Waals surface area contributed by atoms with E-state index in [1.165, 1.54) is 0 Å². The maximum Gasteiger partial charge on any atom is 0.322 e. The molecule has 0 aliphatic carbocycles. The number of hydrogen-bond donors (Lipinski definition) is 1. The normalized spacial score (nSPS) is 25.6. The van der Waals surface area contributed by atoms with Crippen molar-refractivity contribution in [1.82, 2.24) is 9.80 Å². The van der Waals surface area contributed by atoms with E-state index in [1.54, 1.807) is 0 Å². The molecule has 4 heteroatoms. The lowest BCUT2D eigenvalue weighted by molar-refractivity contribution is -0.146. The third-order valence-electron chi connectivity index (χ3n) is 2.90. The zero-order valence-electron chi connectivity index (χ0n) is 9.23. The van der Waals surface area contributed by atoms with Gasteiger partial charge >= 0.3 is 5.97 Å². The van der Waals surface area contributed by atoms with Crippen molar-refractivity contribution in [3.8, 4) is 0 Å². The average Bonchev–Trinajstić information content (AvgIpc) is 2.16. The first-order valence-corrected chi connectivity index (χ1v) is 5.27. The maximum absolute atomic E-state index is 11.1. The Morgan fingerprint density at radius 1 is 1.50 bits per heavy atom. The molecule has 1 saturated heterocycles. The summed E-state index contributed by atoms with van der Waals surface area (Å²) in [6, 6.07) is -0.0150. The van der Waals surface area contributed by atoms with Crippen molar-refractivity contribution in [3.63, 3.8) is 0 Å². The molecule has 1 atom stereocenters. The van der Waals surface area contributed by atoms with Gasteiger partial charge < -0.3 is 10.0 Å². The lowest BCUT2D eigenvalue weighted by Crippen LogP contribution is -2.58. The molecule has 1 unspecified atom stereocenters. The number of carboxylic acid groups (broad SMARTS) is 1. The van der Waals surface area contributed by atoms with Crippen molar-refractivity contribution in [2.24, 2.45) is 0 Å². The lowest BCUT2D eigenvalue weighted by atomic mass is 10.1. The molecule has 0 aromatic rings. The quantitative estimate of drug-likeness (QED) is 0.720. The van der Waals surface area contributed by atoms with E-state index in [-0.39, 0.29) is 6.04 Å². The van der Waals surface area contributed by atoms with Crippen LogP contribution in [-0.4, -0.2) is 59.1 Å². The van der Waals surface area contributed by atoms with Gasteiger partial charge in [-0.1, -0.05) is 6.92 Å². The number of carbonyl (C=O) groups is 1. The molecule has 0 saturated carbocycles. The van der Waals surface area contributed by atoms with Gasteiger partial charge in [0, 0.05) is 25.7 Å². The molecule has 0 amide bonds. The van der Waals surface area contributed by atoms with Gasteiger partial charge in [0.15, 0.2) is 0 Å². The van der Waals surface area contributed by atoms with Gasteiger partial charge in [0.2, 0.25) is 0 Å². The molecule has 4 nitrogen and oxygen atoms in total. The summed E-state index contributed by atoms with van der Waals surface area (Å²) in [5.41, 5.74) is 0. The van der Waals surface area contributed by atoms with Crippen molar-refractivity contribution in [2.75, 3.05) is 26.2 Å². The summed E-state index contributed by atoms with van der Waals surface area (Å²) < 4.78 is 0. The van der Waals surface area contributed by atoms with Gasteiger partial charge in [0.05, 0.1) is 0 Å². The van der Waals surface area contributed by atoms with Crippen molar-refractivity contribution in [2.45, 2.75) is 32.9 Å². The summed E-state index contributed by atoms with van der Waals surface area (Å²) in [5, 5.41) is 9.10. The molecule has 1 aliphatic heterocycles. The molecular formula is C10H20N2O2. The highest BCUT2D eigenvalue weighted by molar-refractivity contribution is 5.74. The van der Waals surface area contributed by atoms with Gasteiger partial charge in [0.1, 0.15) is 6.04 Å². The SMILES string of the molecule is CCN1CCN(C(C)C)C(C(=O)O)C1. The van der Waals surface area contributed by atoms with Crippen LogP contribution < -0.4 is 0 Å². The maximum atomic E-state index is 11.1. The van der Waals surface area contributed by atoms with E-state index in [0.717, 1.165) is 19.6 Å². The number of hydrogen-bond acceptors (Lipinski definition) is 3. The van der Waals surface area contributed by atoms with E-state index in [4.69, 9.17) is 5.11 Å². The van der Waals surface area contributed by atoms with Gasteiger partial charge in [-0.25, -0.2) is 0 Å². The first-order chi connectivity index (χ1) is 6.56. The molecule has 1 rings (SSSR count). The van der Waals surface area contributed by atoms with Crippen LogP contribution in [0.1, 0.15) is 20.8 Å². The predicted octanol–water partition coefficient (Wildman–Crippen LogP) is 0.485. The van der Waals surface area contributed by atoms with Crippen molar-refractivity contribution >= 4 is 5.97 Å². The first-order valence-electron chi connectivity index (χ1n) is 5.27. The van der Waals surface area contributed by atoms with Crippen LogP contribution in [0.25, 0.3) is 0 Å². The predicted molar refractivity (Wildman–Crippen MR) is 55.4 cm³/mol. The van der Waals surface area contributed by atoms with Crippen LogP contribution in [0.2, 0.25) is 0 Å². The van der Waals surface area contributed by atoms with Crippen LogP contribution >= 0.6 is 0 Å². The van der Waals surface area contributed by atoms with E-state index in [2.05, 4.69) is 30.6 Å². The van der Waals surface area contributed by atoms with Gasteiger partial charge in [-0.2, -0.15) is 0 Å². The minimum Gasteiger partial charge on any atom is -0.480 e. The third kappa shape index (κ3) is 2.45. The highest BCUT2D eigenvalue weighted by Crippen LogP contribution is 2.13. The molecule has 0 aromatic heterocycles. The Labute approximate surface area is 85.5 Å². The van der Waals surface area contributed by atoms with Crippen molar-refractivity contribution in [3.05, 3.63) is 0 Å². The van der Waals surface area contributed by atoms with Gasteiger partial charge in [-0.3, -0.25) is 9.69 Å². The Morgan fingerprint density at radius 2 is 2.14 bits per heavy atom. The number of nitrogens with zero attached hydrogens (tertiary/aromatic N) is 2. The number of carboxylic acids is 1. The topological polar surface area (TPSA) is 43.8 Å². The standard InChI is InChI=1S/C10H20N2O2/c1-4-11-5-6-12(8(2)3)9(7-11)10(13)14/h8-9H,4-7H2,1-3H3,(H,13,14). The molecular weight excluding hydrogens is 180 g/mol. The first kappa shape index (κ1) is 11.5. The zero-order valence-corrected chi connectivity index (χ0v) is 9.23. The summed E-state index contributed by atoms with van der Waals surface area (Å²) in [6.07, 6.45) is 0. The smallest absolute Gasteiger partial charge is 0.322 e. The van der Waals surface area contributed by atoms with Gasteiger partial charge in [-0.15, -0.1) is 0 Å². The fourth-order valence-corrected chi connectivity index (χ4v) is 1.98. The highest BCUT2D eigenvalue weighted by Gasteiger charge is 2.32. The van der Waals surface area contributed by atoms with Crippen molar-refractivity contribution in [1.29, 1.82) is 0 Å². The Kier molecular flexibility index (Phi) is 3.89. The van der Waals surface area contributed by atoms with E-state index in [9.17, 15) is 4.79 Å². The monoisotopic (exact) mass is 200 g/mol. The molecule has 0 bridgehead atoms. The highest BCUT2D eigenvalue weighted by atomic mass is 16.4. The number of rotatable bonds is 3. The molecule has 0 radical (unpaired) electrons. The third-order valence-corrected chi connectivity index (χ3v) is 2.90. The minimum absolute atomic E-state index is 0.315. The van der Waals surface area contributed by atoms with Crippen LogP contribution in [0.15, 0.2) is 0 Å². The molecule has 82 valence electrons. The van der Waals surface area contributed by atoms with E-state index in [1.807, 2.05) is 0 Å². The largest absolute Gasteiger partial charge is 0.480 e. The summed E-state index contributed by atoms with van der Waals surface area (Å²) in [5.74, 6) is -0.697. The Morgan fingerprint density at radius 3 is 2.57 bits per heavy atom. The molecule has 1 fully saturated rings. The summed E-state index contributed by atoms with van der Waals surface area (Å²) in [4.78, 5) is 15.3. The van der Waals surface area contributed by atoms with E-state index in [0.29, 0.717) is 12.6 Å². The fraction of sp³-hybridized carbons (Fsp3) is 0.900. The van der Waals surface area contributed by atoms with Crippen LogP contribution in [0.3, 0.4) is 0 Å². The molecule has 14 heavy (non-hydrogen) atoms. The number of likely N-dealkylation sites (N-methyl/N-ethyl adjacent to an activating group) is 1. The van der Waals surface area contributed by atoms with Crippen LogP contribution in [0.4, 0.5) is 0 Å². The summed E-state index contributed by atoms with van der Waals surface area (Å²) in [6.45, 7) is 9.62. The van der Waals surface area contributed by atoms with Crippen LogP contribution in [-0.2, 0) is 4.79 Å². The molecule has 1 N–H and O–H groups in total. The van der Waals surface area contributed by atoms with Crippen LogP contribution in [0, 0.1) is 0 Å². The zero-order chi connectivity index (χ0) is 10.7. The van der Waals surface area contributed by atoms with Crippen molar-refractivity contribution < 1.29 is 9.90 Å². The Hall–Kier alpha value is -0.610.